The lowest BCUT2D eigenvalue weighted by atomic mass is 10.1. The van der Waals surface area contributed by atoms with Gasteiger partial charge in [0.05, 0.1) is 25.3 Å². The summed E-state index contributed by atoms with van der Waals surface area (Å²) in [5.74, 6) is -0.0150. The number of para-hydroxylation sites is 1. The number of ether oxygens (including phenoxy) is 2. The molecule has 3 aromatic rings. The molecule has 0 saturated heterocycles. The Kier molecular flexibility index (Phi) is 3.95. The normalized spacial score (nSPS) is 10.6. The van der Waals surface area contributed by atoms with Gasteiger partial charge in [0.15, 0.2) is 16.9 Å². The summed E-state index contributed by atoms with van der Waals surface area (Å²) in [5, 5.41) is 9.66. The number of aromatic amines is 1. The predicted molar refractivity (Wildman–Crippen MR) is 90.1 cm³/mol. The minimum Gasteiger partial charge on any atom is -0.493 e. The van der Waals surface area contributed by atoms with E-state index in [1.807, 2.05) is 0 Å². The average Bonchev–Trinajstić information content (AvgIpc) is 2.60. The Labute approximate surface area is 137 Å². The first-order valence-corrected chi connectivity index (χ1v) is 7.17. The van der Waals surface area contributed by atoms with Crippen molar-refractivity contribution in [1.82, 2.24) is 4.98 Å². The highest BCUT2D eigenvalue weighted by Gasteiger charge is 2.13. The first kappa shape index (κ1) is 15.6. The van der Waals surface area contributed by atoms with Crippen LogP contribution in [0.4, 0.5) is 0 Å². The minimum absolute atomic E-state index is 0.0481. The molecule has 0 radical (unpaired) electrons. The van der Waals surface area contributed by atoms with Crippen LogP contribution in [0, 0.1) is 0 Å². The van der Waals surface area contributed by atoms with Crippen molar-refractivity contribution in [3.8, 4) is 22.8 Å². The molecule has 1 aromatic heterocycles. The highest BCUT2D eigenvalue weighted by molar-refractivity contribution is 6.02. The molecular weight excluding hydrogens is 310 g/mol. The van der Waals surface area contributed by atoms with Crippen LogP contribution in [0.2, 0.25) is 0 Å². The van der Waals surface area contributed by atoms with Gasteiger partial charge in [0.1, 0.15) is 0 Å². The lowest BCUT2D eigenvalue weighted by molar-refractivity contribution is 0.0699. The number of benzene rings is 2. The number of carboxylic acids is 1. The number of rotatable bonds is 4. The molecule has 0 atom stereocenters. The number of fused-ring (bicyclic) bond motifs is 1. The standard InChI is InChI=1S/C18H15NO5/c1-23-15-7-6-10(8-16(15)24-2)13-9-14(20)11-4-3-5-12(18(21)22)17(11)19-13/h3-9H,1-2H3,(H,19,20)(H,21,22). The maximum Gasteiger partial charge on any atom is 0.337 e. The molecule has 0 bridgehead atoms. The van der Waals surface area contributed by atoms with Gasteiger partial charge in [-0.1, -0.05) is 6.07 Å². The molecule has 0 unspecified atom stereocenters. The van der Waals surface area contributed by atoms with Crippen LogP contribution in [0.1, 0.15) is 10.4 Å². The van der Waals surface area contributed by atoms with E-state index in [1.165, 1.54) is 26.4 Å². The summed E-state index contributed by atoms with van der Waals surface area (Å²) in [6.45, 7) is 0. The predicted octanol–water partition coefficient (Wildman–Crippen LogP) is 2.91. The number of hydrogen-bond acceptors (Lipinski definition) is 4. The third kappa shape index (κ3) is 2.58. The lowest BCUT2D eigenvalue weighted by Crippen LogP contribution is -2.07. The molecule has 2 aromatic carbocycles. The molecule has 0 fully saturated rings. The van der Waals surface area contributed by atoms with Crippen molar-refractivity contribution in [2.75, 3.05) is 14.2 Å². The summed E-state index contributed by atoms with van der Waals surface area (Å²) >= 11 is 0. The molecule has 122 valence electrons. The molecule has 2 N–H and O–H groups in total. The fourth-order valence-electron chi connectivity index (χ4n) is 2.61. The van der Waals surface area contributed by atoms with E-state index in [-0.39, 0.29) is 11.0 Å². The fraction of sp³-hybridized carbons (Fsp3) is 0.111. The highest BCUT2D eigenvalue weighted by Crippen LogP contribution is 2.31. The molecule has 0 aliphatic heterocycles. The van der Waals surface area contributed by atoms with Crippen molar-refractivity contribution in [2.45, 2.75) is 0 Å². The SMILES string of the molecule is COc1ccc(-c2cc(=O)c3cccc(C(=O)O)c3[nH]2)cc1OC. The van der Waals surface area contributed by atoms with Crippen LogP contribution in [0.15, 0.2) is 47.3 Å². The monoisotopic (exact) mass is 325 g/mol. The van der Waals surface area contributed by atoms with E-state index in [9.17, 15) is 14.7 Å². The molecular formula is C18H15NO5. The second-order valence-electron chi connectivity index (χ2n) is 5.15. The molecule has 0 spiro atoms. The quantitative estimate of drug-likeness (QED) is 0.770. The highest BCUT2D eigenvalue weighted by atomic mass is 16.5. The zero-order valence-electron chi connectivity index (χ0n) is 13.1. The summed E-state index contributed by atoms with van der Waals surface area (Å²) < 4.78 is 10.5. The van der Waals surface area contributed by atoms with E-state index < -0.39 is 5.97 Å². The molecule has 0 amide bonds. The van der Waals surface area contributed by atoms with E-state index in [0.717, 1.165) is 0 Å². The zero-order chi connectivity index (χ0) is 17.3. The van der Waals surface area contributed by atoms with Gasteiger partial charge in [-0.05, 0) is 30.3 Å². The third-order valence-corrected chi connectivity index (χ3v) is 3.79. The Balaban J connectivity index is 2.26. The average molecular weight is 325 g/mol. The number of methoxy groups -OCH3 is 2. The van der Waals surface area contributed by atoms with Crippen molar-refractivity contribution >= 4 is 16.9 Å². The number of carbonyl (C=O) groups is 1. The van der Waals surface area contributed by atoms with Crippen molar-refractivity contribution in [1.29, 1.82) is 0 Å². The minimum atomic E-state index is -1.10. The van der Waals surface area contributed by atoms with E-state index >= 15 is 0 Å². The van der Waals surface area contributed by atoms with Gasteiger partial charge in [-0.3, -0.25) is 4.79 Å². The number of H-pyrrole nitrogens is 1. The second-order valence-corrected chi connectivity index (χ2v) is 5.15. The molecule has 6 heteroatoms. The first-order chi connectivity index (χ1) is 11.5. The number of carboxylic acid groups (broad SMARTS) is 1. The van der Waals surface area contributed by atoms with Gasteiger partial charge in [-0.2, -0.15) is 0 Å². The number of pyridine rings is 1. The van der Waals surface area contributed by atoms with Crippen molar-refractivity contribution < 1.29 is 19.4 Å². The smallest absolute Gasteiger partial charge is 0.337 e. The zero-order valence-corrected chi connectivity index (χ0v) is 13.1. The van der Waals surface area contributed by atoms with Crippen LogP contribution in [0.25, 0.3) is 22.2 Å². The van der Waals surface area contributed by atoms with Gasteiger partial charge in [-0.25, -0.2) is 4.79 Å². The van der Waals surface area contributed by atoms with Crippen LogP contribution < -0.4 is 14.9 Å². The molecule has 1 heterocycles. The van der Waals surface area contributed by atoms with Crippen molar-refractivity contribution in [3.63, 3.8) is 0 Å². The Morgan fingerprint density at radius 2 is 1.79 bits per heavy atom. The Morgan fingerprint density at radius 1 is 1.04 bits per heavy atom. The number of nitrogens with one attached hydrogen (secondary N) is 1. The van der Waals surface area contributed by atoms with Crippen LogP contribution in [0.5, 0.6) is 11.5 Å². The van der Waals surface area contributed by atoms with E-state index in [4.69, 9.17) is 9.47 Å². The van der Waals surface area contributed by atoms with Gasteiger partial charge in [0, 0.05) is 22.7 Å². The maximum atomic E-state index is 12.4. The molecule has 0 aliphatic carbocycles. The summed E-state index contributed by atoms with van der Waals surface area (Å²) in [6, 6.07) is 11.3. The Morgan fingerprint density at radius 3 is 2.46 bits per heavy atom. The van der Waals surface area contributed by atoms with Crippen LogP contribution >= 0.6 is 0 Å². The molecule has 24 heavy (non-hydrogen) atoms. The van der Waals surface area contributed by atoms with Crippen LogP contribution in [-0.2, 0) is 0 Å². The van der Waals surface area contributed by atoms with Gasteiger partial charge < -0.3 is 19.6 Å². The molecule has 0 saturated carbocycles. The second kappa shape index (κ2) is 6.08. The first-order valence-electron chi connectivity index (χ1n) is 7.17. The number of aromatic nitrogens is 1. The Hall–Kier alpha value is -3.28. The van der Waals surface area contributed by atoms with Gasteiger partial charge >= 0.3 is 5.97 Å². The van der Waals surface area contributed by atoms with Crippen molar-refractivity contribution in [3.05, 3.63) is 58.3 Å². The Bertz CT molecular complexity index is 990. The largest absolute Gasteiger partial charge is 0.493 e. The number of hydrogen-bond donors (Lipinski definition) is 2. The van der Waals surface area contributed by atoms with Crippen molar-refractivity contribution in [2.24, 2.45) is 0 Å². The van der Waals surface area contributed by atoms with E-state index in [0.29, 0.717) is 33.7 Å². The van der Waals surface area contributed by atoms with E-state index in [2.05, 4.69) is 4.98 Å². The van der Waals surface area contributed by atoms with Gasteiger partial charge in [0.25, 0.3) is 0 Å². The summed E-state index contributed by atoms with van der Waals surface area (Å²) in [5.41, 5.74) is 1.28. The van der Waals surface area contributed by atoms with Crippen LogP contribution in [-0.4, -0.2) is 30.3 Å². The van der Waals surface area contributed by atoms with Crippen LogP contribution in [0.3, 0.4) is 0 Å². The summed E-state index contributed by atoms with van der Waals surface area (Å²) in [7, 11) is 3.06. The van der Waals surface area contributed by atoms with Gasteiger partial charge in [0.2, 0.25) is 0 Å². The summed E-state index contributed by atoms with van der Waals surface area (Å²) in [4.78, 5) is 26.8. The lowest BCUT2D eigenvalue weighted by Gasteiger charge is -2.11. The van der Waals surface area contributed by atoms with Gasteiger partial charge in [-0.15, -0.1) is 0 Å². The molecule has 3 rings (SSSR count). The number of aromatic carboxylic acids is 1. The maximum absolute atomic E-state index is 12.4. The molecule has 0 aliphatic rings. The third-order valence-electron chi connectivity index (χ3n) is 3.79. The van der Waals surface area contributed by atoms with E-state index in [1.54, 1.807) is 30.3 Å². The molecule has 6 nitrogen and oxygen atoms in total. The topological polar surface area (TPSA) is 88.6 Å². The fourth-order valence-corrected chi connectivity index (χ4v) is 2.61. The summed E-state index contributed by atoms with van der Waals surface area (Å²) in [6.07, 6.45) is 0.